The van der Waals surface area contributed by atoms with Crippen molar-refractivity contribution >= 4 is 107 Å². The van der Waals surface area contributed by atoms with Crippen LogP contribution in [0.5, 0.6) is 0 Å². The molecule has 0 N–H and O–H groups in total. The SMILES string of the molecule is Cc1ccc2c(c1-c1cccc[n+]1C)N(C)c1ncccc1C2(C)C.Cc1ccc2c(c1-c1cccc[n+]1C)N(C)c1ncccc1S2.Cc1ccc2c(c1-c1cccc[n+]1C)N(C)c1ncccc1[Si]2(C)C.Cc1ccc2c(c1-c1cccc[n+]1C)[Se]c1ncccc1C2(C)C.Cc1ccc2c(c1-c1cccc[n+]1C)[Si](C)(C)c1ncccc1C2(C)C. The zero-order chi connectivity index (χ0) is 87.1. The maximum atomic E-state index is 4.91. The molecule has 123 heavy (non-hydrogen) atoms. The van der Waals surface area contributed by atoms with E-state index >= 15 is 0 Å². The standard InChI is InChI=1S/C23H27N2Si.C22H24N3.C21H24N3Si.C21H21N2Se.C19H18N3S/c1-16-12-13-17-21(20(16)19-11-7-8-15-25(19)4)26(5,6)22-18(23(17,2)3)10-9-14-24-22;1-15-11-12-16-20(19(15)18-10-6-7-14-24(18)4)25(5)21-17(22(16,2)3)9-8-13-23-21;1-15-11-12-17-20(19(15)16-9-6-7-14-23(16)2)24(3)21-18(25(17,4)5)10-8-13-22-21;1-14-10-11-15-19(18(14)17-9-5-6-13-23(17)4)24-20-16(21(15,2)3)8-7-12-22-20;1-13-9-10-15-18(17(13)14-7-4-5-12-21(14)2)22(3)19-16(23-15)8-6-11-20-19/h7-15H,1-6H3;2*6-14H,1-5H3;5-13H,1-4H3;4-12H,1-3H3/q5*+1. The average molecular weight is 1740 g/mol. The van der Waals surface area contributed by atoms with Crippen LogP contribution < -0.4 is 67.5 Å². The van der Waals surface area contributed by atoms with Gasteiger partial charge in [-0.2, -0.15) is 0 Å². The van der Waals surface area contributed by atoms with E-state index in [1.807, 2.05) is 43.1 Å². The summed E-state index contributed by atoms with van der Waals surface area (Å²) in [7, 11) is 13.3. The molecule has 0 fully saturated rings. The summed E-state index contributed by atoms with van der Waals surface area (Å²) < 4.78 is 13.8. The van der Waals surface area contributed by atoms with E-state index in [1.165, 1.54) is 169 Å². The molecule has 5 aliphatic rings. The fraction of sp³-hybridized carbons (Fsp3) is 0.245. The van der Waals surface area contributed by atoms with Gasteiger partial charge in [0.1, 0.15) is 61.8 Å². The predicted octanol–water partition coefficient (Wildman–Crippen LogP) is 16.7. The zero-order valence-corrected chi connectivity index (χ0v) is 80.1. The Morgan fingerprint density at radius 1 is 0.309 bits per heavy atom. The number of hydrogen-bond donors (Lipinski definition) is 0. The number of anilines is 6. The van der Waals surface area contributed by atoms with Crippen LogP contribution in [0.2, 0.25) is 26.2 Å². The van der Waals surface area contributed by atoms with Crippen LogP contribution in [0.25, 0.3) is 56.3 Å². The third-order valence-corrected chi connectivity index (χ3v) is 36.7. The molecule has 0 radical (unpaired) electrons. The van der Waals surface area contributed by atoms with Crippen molar-refractivity contribution in [1.29, 1.82) is 0 Å². The Labute approximate surface area is 740 Å². The number of fused-ring (bicyclic) bond motifs is 10. The van der Waals surface area contributed by atoms with E-state index < -0.39 is 16.1 Å². The molecule has 5 aliphatic heterocycles. The van der Waals surface area contributed by atoms with Gasteiger partial charge in [0.05, 0.1) is 38.6 Å². The van der Waals surface area contributed by atoms with E-state index in [4.69, 9.17) is 19.9 Å². The van der Waals surface area contributed by atoms with Gasteiger partial charge in [-0.3, -0.25) is 4.98 Å². The molecule has 13 nitrogen and oxygen atoms in total. The fourth-order valence-corrected chi connectivity index (χ4v) is 30.5. The number of nitrogens with zero attached hydrogens (tertiary/aromatic N) is 13. The van der Waals surface area contributed by atoms with Crippen molar-refractivity contribution in [2.24, 2.45) is 35.2 Å². The Bertz CT molecular complexity index is 6510. The van der Waals surface area contributed by atoms with Crippen LogP contribution in [0.4, 0.5) is 34.5 Å². The first-order chi connectivity index (χ1) is 58.8. The summed E-state index contributed by atoms with van der Waals surface area (Å²) in [6.45, 7) is 34.8. The molecule has 0 saturated carbocycles. The van der Waals surface area contributed by atoms with E-state index in [-0.39, 0.29) is 31.2 Å². The van der Waals surface area contributed by atoms with Gasteiger partial charge in [0.2, 0.25) is 22.8 Å². The first-order valence-corrected chi connectivity index (χ1v) is 51.1. The Hall–Kier alpha value is -11.7. The first kappa shape index (κ1) is 84.9. The molecule has 0 atom stereocenters. The van der Waals surface area contributed by atoms with Crippen molar-refractivity contribution in [3.8, 4) is 56.3 Å². The first-order valence-electron chi connectivity index (χ1n) is 42.6. The van der Waals surface area contributed by atoms with Gasteiger partial charge >= 0.3 is 150 Å². The summed E-state index contributed by atoms with van der Waals surface area (Å²) in [4.78, 5) is 32.9. The Kier molecular flexibility index (Phi) is 22.9. The smallest absolute Gasteiger partial charge is 0.212 e. The maximum absolute atomic E-state index is 4.91. The second kappa shape index (κ2) is 33.2. The molecule has 10 aromatic heterocycles. The van der Waals surface area contributed by atoms with Crippen LogP contribution in [-0.4, -0.2) is 77.2 Å². The van der Waals surface area contributed by atoms with Gasteiger partial charge in [-0.1, -0.05) is 126 Å². The third kappa shape index (κ3) is 14.8. The van der Waals surface area contributed by atoms with Crippen molar-refractivity contribution < 1.29 is 22.8 Å². The molecule has 15 heterocycles. The quantitative estimate of drug-likeness (QED) is 0.123. The number of pyridine rings is 10. The minimum atomic E-state index is -1.93. The van der Waals surface area contributed by atoms with Crippen LogP contribution in [0.1, 0.15) is 103 Å². The van der Waals surface area contributed by atoms with Gasteiger partial charge in [-0.15, -0.1) is 0 Å². The van der Waals surface area contributed by atoms with Crippen molar-refractivity contribution in [3.05, 3.63) is 335 Å². The zero-order valence-electron chi connectivity index (χ0n) is 75.6. The number of rotatable bonds is 5. The van der Waals surface area contributed by atoms with Gasteiger partial charge in [-0.25, -0.2) is 33.2 Å². The van der Waals surface area contributed by atoms with Crippen molar-refractivity contribution in [2.45, 2.75) is 128 Å². The van der Waals surface area contributed by atoms with Crippen LogP contribution in [0.15, 0.2) is 284 Å². The van der Waals surface area contributed by atoms with Gasteiger partial charge in [0, 0.05) is 127 Å². The number of aryl methyl sites for hydroxylation is 10. The Morgan fingerprint density at radius 2 is 0.699 bits per heavy atom. The summed E-state index contributed by atoms with van der Waals surface area (Å²) in [6.07, 6.45) is 20.1. The molecule has 0 unspecified atom stereocenters. The van der Waals surface area contributed by atoms with Gasteiger partial charge < -0.3 is 14.7 Å². The second-order valence-electron chi connectivity index (χ2n) is 36.0. The molecule has 5 aromatic carbocycles. The van der Waals surface area contributed by atoms with Crippen molar-refractivity contribution in [1.82, 2.24) is 24.9 Å². The van der Waals surface area contributed by atoms with Crippen molar-refractivity contribution in [2.75, 3.05) is 35.8 Å². The molecule has 0 bridgehead atoms. The van der Waals surface area contributed by atoms with E-state index in [9.17, 15) is 0 Å². The number of benzene rings is 5. The van der Waals surface area contributed by atoms with Crippen LogP contribution in [0.3, 0.4) is 0 Å². The Balaban J connectivity index is 0.000000114. The fourth-order valence-electron chi connectivity index (χ4n) is 19.5. The summed E-state index contributed by atoms with van der Waals surface area (Å²) in [5, 5.41) is 5.79. The molecule has 0 aliphatic carbocycles. The minimum Gasteiger partial charge on any atom is -0.265 e. The Morgan fingerprint density at radius 3 is 1.26 bits per heavy atom. The third-order valence-electron chi connectivity index (χ3n) is 26.3. The molecule has 20 rings (SSSR count). The molecule has 17 heteroatoms. The summed E-state index contributed by atoms with van der Waals surface area (Å²) >= 11 is 2.02. The maximum Gasteiger partial charge on any atom is 0.212 e. The average Bonchev–Trinajstić information content (AvgIpc) is 0.706. The molecule has 0 saturated heterocycles. The normalized spacial score (nSPS) is 14.8. The summed E-state index contributed by atoms with van der Waals surface area (Å²) in [6, 6.07) is 76.2. The largest absolute Gasteiger partial charge is 0.265 e. The van der Waals surface area contributed by atoms with Crippen molar-refractivity contribution in [3.63, 3.8) is 0 Å². The van der Waals surface area contributed by atoms with Gasteiger partial charge in [0.25, 0.3) is 0 Å². The molecule has 0 spiro atoms. The van der Waals surface area contributed by atoms with Crippen LogP contribution in [-0.2, 0) is 51.5 Å². The van der Waals surface area contributed by atoms with E-state index in [1.54, 1.807) is 16.9 Å². The topological polar surface area (TPSA) is 93.6 Å². The minimum absolute atomic E-state index is 0.00523. The summed E-state index contributed by atoms with van der Waals surface area (Å²) in [5.41, 5.74) is 31.5. The number of hydrogen-bond acceptors (Lipinski definition) is 9. The molecule has 618 valence electrons. The molecule has 0 amide bonds. The van der Waals surface area contributed by atoms with E-state index in [0.717, 1.165) is 17.5 Å². The molecule has 15 aromatic rings. The van der Waals surface area contributed by atoms with Crippen LogP contribution in [0, 0.1) is 34.6 Å². The van der Waals surface area contributed by atoms with Crippen LogP contribution >= 0.6 is 11.8 Å². The van der Waals surface area contributed by atoms with Gasteiger partial charge in [0.15, 0.2) is 24.8 Å². The predicted molar refractivity (Wildman–Crippen MR) is 513 cm³/mol. The molecular weight excluding hydrogens is 1620 g/mol. The summed E-state index contributed by atoms with van der Waals surface area (Å²) in [5.74, 6) is 3.18. The van der Waals surface area contributed by atoms with E-state index in [0.29, 0.717) is 0 Å². The second-order valence-corrected chi connectivity index (χ2v) is 47.8. The van der Waals surface area contributed by atoms with Gasteiger partial charge in [-0.05, 0) is 143 Å². The van der Waals surface area contributed by atoms with E-state index in [2.05, 4.69) is 432 Å². The molecular formula is C106H114N13SSeSi2+5. The monoisotopic (exact) mass is 1740 g/mol. The number of aromatic nitrogens is 10.